The van der Waals surface area contributed by atoms with E-state index in [1.54, 1.807) is 18.6 Å². The van der Waals surface area contributed by atoms with Crippen molar-refractivity contribution >= 4 is 136 Å². The molecule has 7 aliphatic heterocycles. The number of ether oxygens (including phenoxy) is 3. The van der Waals surface area contributed by atoms with Crippen LogP contribution in [0.4, 0.5) is 90.2 Å². The summed E-state index contributed by atoms with van der Waals surface area (Å²) in [6.45, 7) is 71.4. The molecule has 0 unspecified atom stereocenters. The van der Waals surface area contributed by atoms with Crippen molar-refractivity contribution in [3.63, 3.8) is 0 Å². The third-order valence-electron chi connectivity index (χ3n) is 24.3. The van der Waals surface area contributed by atoms with Crippen molar-refractivity contribution in [2.24, 2.45) is 23.5 Å². The van der Waals surface area contributed by atoms with Crippen molar-refractivity contribution in [3.8, 4) is 0 Å². The first kappa shape index (κ1) is 103. The molecule has 0 aliphatic carbocycles. The van der Waals surface area contributed by atoms with Crippen LogP contribution in [-0.4, -0.2) is 225 Å². The van der Waals surface area contributed by atoms with Crippen LogP contribution >= 0.6 is 31.9 Å². The minimum Gasteiger partial charge on any atom is -0.460 e. The van der Waals surface area contributed by atoms with E-state index in [4.69, 9.17) is 52.0 Å². The molecule has 7 aliphatic rings. The Hall–Kier alpha value is -10.5. The Morgan fingerprint density at radius 1 is 0.438 bits per heavy atom. The first-order valence-electron chi connectivity index (χ1n) is 45.6. The monoisotopic (exact) mass is 1910 g/mol. The maximum atomic E-state index is 12.5. The van der Waals surface area contributed by atoms with E-state index in [1.807, 2.05) is 92.6 Å². The number of pyridine rings is 4. The summed E-state index contributed by atoms with van der Waals surface area (Å²) in [5.74, 6) is 1.40. The van der Waals surface area contributed by atoms with E-state index >= 15 is 0 Å². The lowest BCUT2D eigenvalue weighted by atomic mass is 9.87. The molecular weight excluding hydrogens is 1770 g/mol. The number of likely N-dealkylation sites (N-methyl/N-ethyl adjacent to an activating group) is 3. The molecule has 28 nitrogen and oxygen atoms in total. The molecule has 14 rings (SSSR count). The molecule has 3 aromatic carbocycles. The van der Waals surface area contributed by atoms with Crippen molar-refractivity contribution < 1.29 is 33.0 Å². The van der Waals surface area contributed by atoms with Crippen LogP contribution in [0.3, 0.4) is 0 Å². The highest BCUT2D eigenvalue weighted by molar-refractivity contribution is 9.11. The number of rotatable bonds is 16. The Labute approximate surface area is 788 Å². The first-order chi connectivity index (χ1) is 61.8. The fourth-order valence-electron chi connectivity index (χ4n) is 16.9. The van der Waals surface area contributed by atoms with Gasteiger partial charge < -0.3 is 105 Å². The topological polar surface area (TPSA) is 265 Å². The molecule has 7 saturated heterocycles. The van der Waals surface area contributed by atoms with E-state index in [-0.39, 0.29) is 65.3 Å². The van der Waals surface area contributed by atoms with Gasteiger partial charge in [-0.05, 0) is 284 Å². The number of hydrogen-bond acceptors (Lipinski definition) is 24. The molecule has 4 aromatic heterocycles. The summed E-state index contributed by atoms with van der Waals surface area (Å²) in [6, 6.07) is 33.4. The number of esters is 3. The van der Waals surface area contributed by atoms with Crippen molar-refractivity contribution in [2.45, 2.75) is 208 Å². The summed E-state index contributed by atoms with van der Waals surface area (Å²) in [5, 5.41) is 10.2. The summed E-state index contributed by atoms with van der Waals surface area (Å²) in [5.41, 5.74) is 21.5. The second-order valence-electron chi connectivity index (χ2n) is 37.8. The molecule has 7 N–H and O–H groups in total. The predicted molar refractivity (Wildman–Crippen MR) is 531 cm³/mol. The Morgan fingerprint density at radius 2 is 0.762 bits per heavy atom. The van der Waals surface area contributed by atoms with Crippen LogP contribution in [-0.2, 0) is 28.6 Å². The standard InChI is InChI=1S/C29H40N6O2.C23H31N7.C18H24BrN3O2.C12H23NO2.C11H17N3.C6H2BrFN2/c1-21-22(18-27(36)37-29(2,3)4)8-7-13-35(21)25-19-26(28(30-5)31-20-25)32-23-9-11-24(12-10-23)34-16-14-33(6)15-17-34;1-17-21(24)5-4-10-30(17)20-15-22(23(25-2)26-16-20)27-18-6-8-19(9-7-18)29-13-11-28(3)12-14-29;1-12-13(9-16(23)24-18(2,3)4)7-6-8-22(12)14-10-15(19)17(20-5)21-11-14;1-9-10(6-5-7-13-9)8-11(14)15-12(2,3)4;1-13-6-8-14(9-7-13)11-4-2-10(12)3-5-11;1-9-6-5(7)2-4(8)3-10-6/h9-12,19-22,32H,7-8,13-18H2,1-4,6H3;6-9,15-17,21,27H,4-5,10-14,24H2,1,3H3;10-13H,6-9H2,1-4H3;9-10,13H,5-8H2,1-4H3;2-5H,6-9,12H2,1H3;2-3H/t21-,22+;17-,21-;12-,13+;9-,10+;;/m1111../s1. The highest BCUT2D eigenvalue weighted by Gasteiger charge is 2.36. The molecular formula is C99H137Br2FN22O6. The summed E-state index contributed by atoms with van der Waals surface area (Å²) < 4.78 is 29.8. The molecule has 7 fully saturated rings. The number of anilines is 11. The van der Waals surface area contributed by atoms with Crippen molar-refractivity contribution in [3.05, 3.63) is 182 Å². The molecule has 0 amide bonds. The van der Waals surface area contributed by atoms with Crippen LogP contribution in [0.15, 0.2) is 131 Å². The van der Waals surface area contributed by atoms with Gasteiger partial charge in [0.1, 0.15) is 35.4 Å². The average Bonchev–Trinajstić information content (AvgIpc) is 0.794. The van der Waals surface area contributed by atoms with E-state index in [1.165, 1.54) is 23.1 Å². The Balaban J connectivity index is 0.000000185. The lowest BCUT2D eigenvalue weighted by molar-refractivity contribution is -0.157. The molecule has 0 bridgehead atoms. The van der Waals surface area contributed by atoms with Crippen LogP contribution in [0.25, 0.3) is 19.4 Å². The molecule has 0 saturated carbocycles. The molecule has 0 spiro atoms. The van der Waals surface area contributed by atoms with Crippen LogP contribution in [0.5, 0.6) is 0 Å². The van der Waals surface area contributed by atoms with Gasteiger partial charge in [0.15, 0.2) is 12.0 Å². The minimum atomic E-state index is -0.475. The number of benzene rings is 3. The first-order valence-corrected chi connectivity index (χ1v) is 47.2. The summed E-state index contributed by atoms with van der Waals surface area (Å²) >= 11 is 6.40. The zero-order chi connectivity index (χ0) is 94.6. The third kappa shape index (κ3) is 32.5. The van der Waals surface area contributed by atoms with E-state index < -0.39 is 17.0 Å². The van der Waals surface area contributed by atoms with Crippen LogP contribution in [0, 0.1) is 49.9 Å². The van der Waals surface area contributed by atoms with Gasteiger partial charge >= 0.3 is 17.9 Å². The number of nitrogens with two attached hydrogens (primary N) is 2. The summed E-state index contributed by atoms with van der Waals surface area (Å²) in [4.78, 5) is 87.7. The van der Waals surface area contributed by atoms with Gasteiger partial charge in [0.25, 0.3) is 23.3 Å². The van der Waals surface area contributed by atoms with Gasteiger partial charge in [0.05, 0.1) is 41.3 Å². The van der Waals surface area contributed by atoms with E-state index in [0.29, 0.717) is 63.3 Å². The largest absolute Gasteiger partial charge is 0.460 e. The van der Waals surface area contributed by atoms with E-state index in [2.05, 4.69) is 241 Å². The van der Waals surface area contributed by atoms with Crippen molar-refractivity contribution in [1.29, 1.82) is 0 Å². The maximum Gasteiger partial charge on any atom is 0.306 e. The van der Waals surface area contributed by atoms with Crippen LogP contribution in [0.2, 0.25) is 0 Å². The fraction of sp³-hybridized carbons (Fsp3) is 0.545. The summed E-state index contributed by atoms with van der Waals surface area (Å²) in [7, 11) is 6.49. The maximum absolute atomic E-state index is 12.5. The van der Waals surface area contributed by atoms with Gasteiger partial charge in [-0.1, -0.05) is 58.1 Å². The number of piperazine rings is 3. The molecule has 8 atom stereocenters. The highest BCUT2D eigenvalue weighted by Crippen LogP contribution is 2.40. The smallest absolute Gasteiger partial charge is 0.306 e. The van der Waals surface area contributed by atoms with Gasteiger partial charge in [0, 0.05) is 178 Å². The van der Waals surface area contributed by atoms with Gasteiger partial charge in [0.2, 0.25) is 0 Å². The number of carbonyl (C=O) groups is 3. The number of nitrogen functional groups attached to an aromatic ring is 1. The second-order valence-corrected chi connectivity index (χ2v) is 39.5. The third-order valence-corrected chi connectivity index (χ3v) is 25.5. The van der Waals surface area contributed by atoms with E-state index in [0.717, 1.165) is 202 Å². The zero-order valence-corrected chi connectivity index (χ0v) is 82.3. The summed E-state index contributed by atoms with van der Waals surface area (Å²) in [6.07, 6.45) is 16.2. The van der Waals surface area contributed by atoms with Crippen molar-refractivity contribution in [2.75, 3.05) is 172 Å². The number of piperidine rings is 4. The number of nitrogens with zero attached hydrogens (tertiary/aromatic N) is 17. The fourth-order valence-corrected chi connectivity index (χ4v) is 17.7. The second kappa shape index (κ2) is 49.1. The minimum absolute atomic E-state index is 0.0666. The number of halogens is 3. The SMILES string of the molecule is CN1CCN(c2ccc(N)cc2)CC1.C[C@H]1NCCC[C@H]1CC(=O)OC(C)(C)C.[C-]#[N+]c1ncc(F)cc1Br.[C-]#[N+]c1ncc(N2CCC[C@@H](CC(=O)OC(C)(C)C)[C@H]2C)cc1Br.[C-]#[N+]c1ncc(N2CCC[C@@H](CC(=O)OC(C)(C)C)[C@H]2C)cc1Nc1ccc(N2CCN(C)CC2)cc1.[C-]#[N+]c1ncc(N2CCC[C@@H](N)[C@H]2C)cc1Nc1ccc(N2CCN(C)CC2)cc1. The lowest BCUT2D eigenvalue weighted by Crippen LogP contribution is -2.50. The highest BCUT2D eigenvalue weighted by atomic mass is 79.9. The quantitative estimate of drug-likeness (QED) is 0.0260. The molecule has 7 aromatic rings. The van der Waals surface area contributed by atoms with Crippen LogP contribution < -0.4 is 56.8 Å². The number of nitrogens with one attached hydrogen (secondary N) is 3. The predicted octanol–water partition coefficient (Wildman–Crippen LogP) is 19.3. The van der Waals surface area contributed by atoms with Gasteiger partial charge in [-0.3, -0.25) is 14.4 Å². The molecule has 130 heavy (non-hydrogen) atoms. The van der Waals surface area contributed by atoms with Gasteiger partial charge in [-0.25, -0.2) is 4.39 Å². The molecule has 11 heterocycles. The average molecular weight is 1910 g/mol. The number of carbonyl (C=O) groups excluding carboxylic acids is 3. The van der Waals surface area contributed by atoms with E-state index in [9.17, 15) is 18.8 Å². The number of aromatic nitrogens is 4. The molecule has 700 valence electrons. The lowest BCUT2D eigenvalue weighted by Gasteiger charge is -2.40. The zero-order valence-electron chi connectivity index (χ0n) is 79.1. The van der Waals surface area contributed by atoms with Crippen LogP contribution in [0.1, 0.15) is 161 Å². The van der Waals surface area contributed by atoms with Crippen molar-refractivity contribution in [1.82, 2.24) is 40.0 Å². The molecule has 31 heteroatoms. The normalized spacial score (nSPS) is 20.9. The Kier molecular flexibility index (Phi) is 39.0. The van der Waals surface area contributed by atoms with Gasteiger partial charge in [-0.2, -0.15) is 0 Å². The Morgan fingerprint density at radius 3 is 1.12 bits per heavy atom. The van der Waals surface area contributed by atoms with Gasteiger partial charge in [-0.15, -0.1) is 19.9 Å². The number of hydrogen-bond donors (Lipinski definition) is 5. The molecule has 0 radical (unpaired) electrons. The Bertz CT molecular complexity index is 4960.